The summed E-state index contributed by atoms with van der Waals surface area (Å²) in [6, 6.07) is 8.70. The van der Waals surface area contributed by atoms with Crippen LogP contribution in [0.25, 0.3) is 0 Å². The quantitative estimate of drug-likeness (QED) is 0.857. The van der Waals surface area contributed by atoms with Gasteiger partial charge in [-0.2, -0.15) is 0 Å². The minimum atomic E-state index is -0.605. The third-order valence-corrected chi connectivity index (χ3v) is 4.62. The van der Waals surface area contributed by atoms with E-state index in [-0.39, 0.29) is 24.1 Å². The molecule has 2 aliphatic heterocycles. The number of nitrogens with zero attached hydrogens (tertiary/aromatic N) is 2. The van der Waals surface area contributed by atoms with Crippen LogP contribution in [-0.2, 0) is 19.1 Å². The maximum atomic E-state index is 12.5. The smallest absolute Gasteiger partial charge is 0.245 e. The van der Waals surface area contributed by atoms with Crippen LogP contribution in [0.1, 0.15) is 13.3 Å². The second-order valence-corrected chi connectivity index (χ2v) is 6.41. The molecule has 7 nitrogen and oxygen atoms in total. The van der Waals surface area contributed by atoms with Crippen LogP contribution in [0.15, 0.2) is 30.3 Å². The molecular formula is C18H23N3O4. The van der Waals surface area contributed by atoms with Crippen LogP contribution in [0.2, 0.25) is 0 Å². The lowest BCUT2D eigenvalue weighted by molar-refractivity contribution is -0.140. The van der Waals surface area contributed by atoms with Crippen LogP contribution >= 0.6 is 0 Å². The SMILES string of the molecule is C[C@@H](NC(=O)[C@H]1CC(=O)N(c2ccccc2)C1)C(=O)N1CCOCC1. The average molecular weight is 345 g/mol. The minimum Gasteiger partial charge on any atom is -0.378 e. The summed E-state index contributed by atoms with van der Waals surface area (Å²) >= 11 is 0. The Kier molecular flexibility index (Phi) is 5.33. The van der Waals surface area contributed by atoms with Gasteiger partial charge in [0, 0.05) is 31.7 Å². The third kappa shape index (κ3) is 3.99. The van der Waals surface area contributed by atoms with Crippen molar-refractivity contribution in [3.8, 4) is 0 Å². The van der Waals surface area contributed by atoms with Crippen LogP contribution < -0.4 is 10.2 Å². The molecule has 0 spiro atoms. The Balaban J connectivity index is 1.56. The summed E-state index contributed by atoms with van der Waals surface area (Å²) < 4.78 is 5.23. The second kappa shape index (κ2) is 7.65. The molecule has 134 valence electrons. The predicted molar refractivity (Wildman–Crippen MR) is 91.9 cm³/mol. The zero-order valence-corrected chi connectivity index (χ0v) is 14.3. The molecule has 0 aromatic heterocycles. The summed E-state index contributed by atoms with van der Waals surface area (Å²) in [6.45, 7) is 4.16. The van der Waals surface area contributed by atoms with Gasteiger partial charge in [-0.25, -0.2) is 0 Å². The fourth-order valence-corrected chi connectivity index (χ4v) is 3.19. The number of rotatable bonds is 4. The van der Waals surface area contributed by atoms with Crippen molar-refractivity contribution in [3.05, 3.63) is 30.3 Å². The molecule has 2 fully saturated rings. The summed E-state index contributed by atoms with van der Waals surface area (Å²) in [7, 11) is 0. The van der Waals surface area contributed by atoms with Crippen molar-refractivity contribution in [3.63, 3.8) is 0 Å². The average Bonchev–Trinajstić information content (AvgIpc) is 3.04. The zero-order valence-electron chi connectivity index (χ0n) is 14.3. The molecule has 2 aliphatic rings. The Morgan fingerprint density at radius 2 is 1.88 bits per heavy atom. The Morgan fingerprint density at radius 3 is 2.56 bits per heavy atom. The highest BCUT2D eigenvalue weighted by atomic mass is 16.5. The fourth-order valence-electron chi connectivity index (χ4n) is 3.19. The molecule has 0 unspecified atom stereocenters. The minimum absolute atomic E-state index is 0.0708. The molecule has 0 bridgehead atoms. The number of carbonyl (C=O) groups is 3. The number of carbonyl (C=O) groups excluding carboxylic acids is 3. The Bertz CT molecular complexity index is 643. The first kappa shape index (κ1) is 17.4. The second-order valence-electron chi connectivity index (χ2n) is 6.41. The Morgan fingerprint density at radius 1 is 1.20 bits per heavy atom. The first-order valence-electron chi connectivity index (χ1n) is 8.58. The number of amides is 3. The molecule has 1 N–H and O–H groups in total. The number of hydrogen-bond acceptors (Lipinski definition) is 4. The Hall–Kier alpha value is -2.41. The monoisotopic (exact) mass is 345 g/mol. The summed E-state index contributed by atoms with van der Waals surface area (Å²) in [5, 5.41) is 2.76. The highest BCUT2D eigenvalue weighted by Crippen LogP contribution is 2.25. The maximum Gasteiger partial charge on any atom is 0.245 e. The van der Waals surface area contributed by atoms with Gasteiger partial charge in [-0.15, -0.1) is 0 Å². The van der Waals surface area contributed by atoms with E-state index >= 15 is 0 Å². The normalized spacial score (nSPS) is 22.0. The highest BCUT2D eigenvalue weighted by molar-refractivity contribution is 6.01. The number of para-hydroxylation sites is 1. The molecule has 2 saturated heterocycles. The third-order valence-electron chi connectivity index (χ3n) is 4.62. The number of hydrogen-bond donors (Lipinski definition) is 1. The van der Waals surface area contributed by atoms with E-state index < -0.39 is 12.0 Å². The van der Waals surface area contributed by atoms with Gasteiger partial charge in [0.05, 0.1) is 19.1 Å². The standard InChI is InChI=1S/C18H23N3O4/c1-13(18(24)20-7-9-25-10-8-20)19-17(23)14-11-16(22)21(12-14)15-5-3-2-4-6-15/h2-6,13-14H,7-12H2,1H3,(H,19,23)/t13-,14+/m1/s1. The first-order valence-corrected chi connectivity index (χ1v) is 8.58. The van der Waals surface area contributed by atoms with Gasteiger partial charge in [0.1, 0.15) is 6.04 Å². The summed E-state index contributed by atoms with van der Waals surface area (Å²) in [5.74, 6) is -0.868. The first-order chi connectivity index (χ1) is 12.1. The number of anilines is 1. The van der Waals surface area contributed by atoms with Crippen molar-refractivity contribution >= 4 is 23.4 Å². The molecular weight excluding hydrogens is 322 g/mol. The molecule has 3 rings (SSSR count). The van der Waals surface area contributed by atoms with Gasteiger partial charge < -0.3 is 19.9 Å². The summed E-state index contributed by atoms with van der Waals surface area (Å²) in [5.41, 5.74) is 0.792. The van der Waals surface area contributed by atoms with Crippen molar-refractivity contribution in [2.45, 2.75) is 19.4 Å². The van der Waals surface area contributed by atoms with Crippen LogP contribution in [0.3, 0.4) is 0 Å². The molecule has 0 radical (unpaired) electrons. The van der Waals surface area contributed by atoms with E-state index in [0.717, 1.165) is 5.69 Å². The predicted octanol–water partition coefficient (Wildman–Crippen LogP) is 0.403. The van der Waals surface area contributed by atoms with Gasteiger partial charge in [-0.3, -0.25) is 14.4 Å². The van der Waals surface area contributed by atoms with E-state index in [0.29, 0.717) is 32.8 Å². The lowest BCUT2D eigenvalue weighted by atomic mass is 10.1. The van der Waals surface area contributed by atoms with Gasteiger partial charge in [0.15, 0.2) is 0 Å². The van der Waals surface area contributed by atoms with Crippen molar-refractivity contribution in [2.75, 3.05) is 37.7 Å². The largest absolute Gasteiger partial charge is 0.378 e. The maximum absolute atomic E-state index is 12.5. The molecule has 1 aromatic carbocycles. The van der Waals surface area contributed by atoms with Crippen LogP contribution in [-0.4, -0.2) is 61.5 Å². The van der Waals surface area contributed by atoms with Gasteiger partial charge in [0.25, 0.3) is 0 Å². The van der Waals surface area contributed by atoms with Gasteiger partial charge in [0.2, 0.25) is 17.7 Å². The van der Waals surface area contributed by atoms with Gasteiger partial charge in [-0.1, -0.05) is 18.2 Å². The van der Waals surface area contributed by atoms with E-state index in [1.165, 1.54) is 0 Å². The number of ether oxygens (including phenoxy) is 1. The molecule has 7 heteroatoms. The lowest BCUT2D eigenvalue weighted by Gasteiger charge is -2.29. The number of benzene rings is 1. The van der Waals surface area contributed by atoms with E-state index in [1.807, 2.05) is 30.3 Å². The van der Waals surface area contributed by atoms with Crippen molar-refractivity contribution < 1.29 is 19.1 Å². The molecule has 25 heavy (non-hydrogen) atoms. The van der Waals surface area contributed by atoms with E-state index in [1.54, 1.807) is 16.7 Å². The number of morpholine rings is 1. The molecule has 1 aromatic rings. The van der Waals surface area contributed by atoms with Gasteiger partial charge >= 0.3 is 0 Å². The molecule has 0 saturated carbocycles. The molecule has 2 heterocycles. The summed E-state index contributed by atoms with van der Waals surface area (Å²) in [6.07, 6.45) is 0.166. The number of nitrogens with one attached hydrogen (secondary N) is 1. The van der Waals surface area contributed by atoms with Crippen LogP contribution in [0, 0.1) is 5.92 Å². The topological polar surface area (TPSA) is 79.0 Å². The fraction of sp³-hybridized carbons (Fsp3) is 0.500. The van der Waals surface area contributed by atoms with E-state index in [4.69, 9.17) is 4.74 Å². The molecule has 0 aliphatic carbocycles. The Labute approximate surface area is 146 Å². The molecule has 3 amide bonds. The molecule has 2 atom stereocenters. The summed E-state index contributed by atoms with van der Waals surface area (Å²) in [4.78, 5) is 40.4. The van der Waals surface area contributed by atoms with E-state index in [2.05, 4.69) is 5.32 Å². The van der Waals surface area contributed by atoms with Crippen molar-refractivity contribution in [1.82, 2.24) is 10.2 Å². The lowest BCUT2D eigenvalue weighted by Crippen LogP contribution is -2.51. The van der Waals surface area contributed by atoms with Crippen molar-refractivity contribution in [2.24, 2.45) is 5.92 Å². The zero-order chi connectivity index (χ0) is 17.8. The van der Waals surface area contributed by atoms with Crippen LogP contribution in [0.4, 0.5) is 5.69 Å². The van der Waals surface area contributed by atoms with Gasteiger partial charge in [-0.05, 0) is 19.1 Å². The van der Waals surface area contributed by atoms with Crippen molar-refractivity contribution in [1.29, 1.82) is 0 Å². The van der Waals surface area contributed by atoms with E-state index in [9.17, 15) is 14.4 Å². The van der Waals surface area contributed by atoms with Crippen LogP contribution in [0.5, 0.6) is 0 Å². The highest BCUT2D eigenvalue weighted by Gasteiger charge is 2.36.